The quantitative estimate of drug-likeness (QED) is 0.638. The summed E-state index contributed by atoms with van der Waals surface area (Å²) in [6, 6.07) is 11.4. The molecule has 0 saturated carbocycles. The number of likely N-dealkylation sites (N-methyl/N-ethyl adjacent to an activating group) is 1. The van der Waals surface area contributed by atoms with Crippen LogP contribution in [0, 0.1) is 5.82 Å². The van der Waals surface area contributed by atoms with Gasteiger partial charge >= 0.3 is 0 Å². The van der Waals surface area contributed by atoms with Gasteiger partial charge in [0, 0.05) is 44.6 Å². The van der Waals surface area contributed by atoms with Crippen LogP contribution in [0.5, 0.6) is 0 Å². The fraction of sp³-hybridized carbons (Fsp3) is 0.423. The summed E-state index contributed by atoms with van der Waals surface area (Å²) in [6.45, 7) is 1.70. The summed E-state index contributed by atoms with van der Waals surface area (Å²) in [4.78, 5) is 44.9. The van der Waals surface area contributed by atoms with Crippen LogP contribution >= 0.6 is 11.6 Å². The number of nitrogens with zero attached hydrogens (tertiary/aromatic N) is 3. The zero-order valence-electron chi connectivity index (χ0n) is 20.4. The largest absolute Gasteiger partial charge is 0.353 e. The van der Waals surface area contributed by atoms with Crippen molar-refractivity contribution in [3.05, 3.63) is 70.5 Å². The van der Waals surface area contributed by atoms with Gasteiger partial charge in [-0.2, -0.15) is 0 Å². The summed E-state index contributed by atoms with van der Waals surface area (Å²) in [5.74, 6) is -1.55. The van der Waals surface area contributed by atoms with Crippen LogP contribution in [0.25, 0.3) is 0 Å². The number of amides is 3. The van der Waals surface area contributed by atoms with Gasteiger partial charge in [0.05, 0.1) is 17.2 Å². The Morgan fingerprint density at radius 1 is 1.11 bits per heavy atom. The minimum atomic E-state index is -1.08. The van der Waals surface area contributed by atoms with Gasteiger partial charge in [-0.05, 0) is 44.4 Å². The molecule has 36 heavy (non-hydrogen) atoms. The average molecular weight is 517 g/mol. The summed E-state index contributed by atoms with van der Waals surface area (Å²) in [5.41, 5.74) is -0.529. The Morgan fingerprint density at radius 2 is 1.83 bits per heavy atom. The second-order valence-electron chi connectivity index (χ2n) is 9.32. The van der Waals surface area contributed by atoms with Crippen LogP contribution in [0.3, 0.4) is 0 Å². The van der Waals surface area contributed by atoms with Crippen molar-refractivity contribution in [1.29, 1.82) is 0 Å². The molecule has 1 N–H and O–H groups in total. The van der Waals surface area contributed by atoms with Gasteiger partial charge in [0.25, 0.3) is 11.8 Å². The number of hydrogen-bond acceptors (Lipinski definition) is 5. The molecule has 3 amide bonds. The molecule has 2 fully saturated rings. The molecule has 0 radical (unpaired) electrons. The van der Waals surface area contributed by atoms with E-state index in [0.29, 0.717) is 49.6 Å². The molecule has 1 atom stereocenters. The molecule has 2 heterocycles. The fourth-order valence-electron chi connectivity index (χ4n) is 4.71. The predicted octanol–water partition coefficient (Wildman–Crippen LogP) is 2.63. The van der Waals surface area contributed by atoms with Gasteiger partial charge in [-0.25, -0.2) is 4.39 Å². The topological polar surface area (TPSA) is 82.2 Å². The summed E-state index contributed by atoms with van der Waals surface area (Å²) in [6.07, 6.45) is 0.622. The van der Waals surface area contributed by atoms with Gasteiger partial charge in [-0.3, -0.25) is 19.3 Å². The van der Waals surface area contributed by atoms with E-state index in [1.165, 1.54) is 23.1 Å². The first-order valence-electron chi connectivity index (χ1n) is 11.9. The number of carbonyl (C=O) groups excluding carboxylic acids is 3. The van der Waals surface area contributed by atoms with Gasteiger partial charge in [0.15, 0.2) is 0 Å². The van der Waals surface area contributed by atoms with Crippen molar-refractivity contribution in [3.63, 3.8) is 0 Å². The van der Waals surface area contributed by atoms with Crippen LogP contribution in [-0.4, -0.2) is 91.1 Å². The molecule has 10 heteroatoms. The maximum atomic E-state index is 13.9. The summed E-state index contributed by atoms with van der Waals surface area (Å²) >= 11 is 6.22. The van der Waals surface area contributed by atoms with Gasteiger partial charge < -0.3 is 19.9 Å². The highest BCUT2D eigenvalue weighted by Crippen LogP contribution is 2.39. The minimum absolute atomic E-state index is 0.0211. The smallest absolute Gasteiger partial charge is 0.256 e. The van der Waals surface area contributed by atoms with E-state index in [0.717, 1.165) is 6.07 Å². The number of likely N-dealkylation sites (tertiary alicyclic amines) is 1. The van der Waals surface area contributed by atoms with Crippen molar-refractivity contribution in [2.45, 2.75) is 24.6 Å². The highest BCUT2D eigenvalue weighted by molar-refractivity contribution is 6.33. The predicted molar refractivity (Wildman–Crippen MR) is 133 cm³/mol. The molecule has 2 aliphatic heterocycles. The van der Waals surface area contributed by atoms with E-state index < -0.39 is 23.5 Å². The molecule has 2 aromatic carbocycles. The van der Waals surface area contributed by atoms with Gasteiger partial charge in [-0.15, -0.1) is 0 Å². The SMILES string of the molecule is CN(C)CCNC(=O)C1COC2(CCN(C(=O)c3ccccc3Cl)CC2)N1C(=O)c1cccc(F)c1. The summed E-state index contributed by atoms with van der Waals surface area (Å²) in [7, 11) is 3.80. The summed E-state index contributed by atoms with van der Waals surface area (Å²) in [5, 5.41) is 3.25. The Morgan fingerprint density at radius 3 is 2.50 bits per heavy atom. The Balaban J connectivity index is 1.56. The van der Waals surface area contributed by atoms with E-state index in [-0.39, 0.29) is 24.0 Å². The Kier molecular flexibility index (Phi) is 7.92. The number of hydrogen-bond donors (Lipinski definition) is 1. The first-order valence-corrected chi connectivity index (χ1v) is 12.3. The molecular formula is C26H30ClFN4O4. The highest BCUT2D eigenvalue weighted by Gasteiger charge is 2.54. The molecule has 0 aromatic heterocycles. The number of carbonyl (C=O) groups is 3. The molecule has 0 bridgehead atoms. The lowest BCUT2D eigenvalue weighted by Crippen LogP contribution is -2.60. The molecular weight excluding hydrogens is 487 g/mol. The van der Waals surface area contributed by atoms with E-state index in [1.807, 2.05) is 19.0 Å². The zero-order valence-corrected chi connectivity index (χ0v) is 21.1. The molecule has 0 aliphatic carbocycles. The van der Waals surface area contributed by atoms with Crippen LogP contribution < -0.4 is 5.32 Å². The maximum absolute atomic E-state index is 13.9. The lowest BCUT2D eigenvalue weighted by molar-refractivity contribution is -0.128. The van der Waals surface area contributed by atoms with Crippen molar-refractivity contribution in [2.24, 2.45) is 0 Å². The molecule has 1 unspecified atom stereocenters. The van der Waals surface area contributed by atoms with E-state index in [1.54, 1.807) is 29.2 Å². The van der Waals surface area contributed by atoms with Crippen LogP contribution in [0.1, 0.15) is 33.6 Å². The number of ether oxygens (including phenoxy) is 1. The third kappa shape index (κ3) is 5.38. The van der Waals surface area contributed by atoms with Crippen molar-refractivity contribution >= 4 is 29.3 Å². The Labute approximate surface area is 214 Å². The first kappa shape index (κ1) is 26.1. The van der Waals surface area contributed by atoms with Crippen molar-refractivity contribution in [3.8, 4) is 0 Å². The first-order chi connectivity index (χ1) is 17.2. The third-order valence-corrected chi connectivity index (χ3v) is 6.98. The van der Waals surface area contributed by atoms with Gasteiger partial charge in [0.2, 0.25) is 5.91 Å². The number of rotatable bonds is 6. The molecule has 2 aromatic rings. The van der Waals surface area contributed by atoms with Crippen LogP contribution in [0.4, 0.5) is 4.39 Å². The Bertz CT molecular complexity index is 1140. The maximum Gasteiger partial charge on any atom is 0.256 e. The lowest BCUT2D eigenvalue weighted by atomic mass is 9.96. The normalized spacial score (nSPS) is 19.1. The van der Waals surface area contributed by atoms with E-state index in [2.05, 4.69) is 5.32 Å². The fourth-order valence-corrected chi connectivity index (χ4v) is 4.93. The number of benzene rings is 2. The van der Waals surface area contributed by atoms with Crippen molar-refractivity contribution in [2.75, 3.05) is 46.9 Å². The highest BCUT2D eigenvalue weighted by atomic mass is 35.5. The van der Waals surface area contributed by atoms with Crippen molar-refractivity contribution in [1.82, 2.24) is 20.0 Å². The standard InChI is InChI=1S/C26H30ClFN4O4/c1-30(2)15-12-29-23(33)22-17-36-26(32(22)24(34)18-6-5-7-19(28)16-18)10-13-31(14-11-26)25(35)20-8-3-4-9-21(20)27/h3-9,16,22H,10-15,17H2,1-2H3,(H,29,33). The second kappa shape index (κ2) is 10.9. The number of piperidine rings is 1. The van der Waals surface area contributed by atoms with Crippen molar-refractivity contribution < 1.29 is 23.5 Å². The molecule has 4 rings (SSSR count). The summed E-state index contributed by atoms with van der Waals surface area (Å²) < 4.78 is 20.1. The lowest BCUT2D eigenvalue weighted by Gasteiger charge is -2.44. The molecule has 1 spiro atoms. The van der Waals surface area contributed by atoms with E-state index in [4.69, 9.17) is 16.3 Å². The molecule has 8 nitrogen and oxygen atoms in total. The van der Waals surface area contributed by atoms with Crippen LogP contribution in [0.2, 0.25) is 5.02 Å². The van der Waals surface area contributed by atoms with Gasteiger partial charge in [-0.1, -0.05) is 29.8 Å². The minimum Gasteiger partial charge on any atom is -0.353 e. The van der Waals surface area contributed by atoms with Crippen LogP contribution in [-0.2, 0) is 9.53 Å². The van der Waals surface area contributed by atoms with E-state index in [9.17, 15) is 18.8 Å². The molecule has 2 aliphatic rings. The molecule has 2 saturated heterocycles. The monoisotopic (exact) mass is 516 g/mol. The van der Waals surface area contributed by atoms with Crippen LogP contribution in [0.15, 0.2) is 48.5 Å². The molecule has 192 valence electrons. The second-order valence-corrected chi connectivity index (χ2v) is 9.73. The van der Waals surface area contributed by atoms with Gasteiger partial charge in [0.1, 0.15) is 17.6 Å². The number of halogens is 2. The third-order valence-electron chi connectivity index (χ3n) is 6.65. The number of nitrogens with one attached hydrogen (secondary N) is 1. The Hall–Kier alpha value is -3.01. The average Bonchev–Trinajstić information content (AvgIpc) is 3.22. The zero-order chi connectivity index (χ0) is 25.9. The van der Waals surface area contributed by atoms with E-state index >= 15 is 0 Å².